The van der Waals surface area contributed by atoms with E-state index in [2.05, 4.69) is 10.6 Å². The highest BCUT2D eigenvalue weighted by atomic mass is 16.6. The second-order valence-corrected chi connectivity index (χ2v) is 4.65. The second kappa shape index (κ2) is 8.55. The van der Waals surface area contributed by atoms with Crippen LogP contribution in [0.25, 0.3) is 0 Å². The molecule has 0 aliphatic carbocycles. The van der Waals surface area contributed by atoms with Crippen molar-refractivity contribution >= 4 is 23.4 Å². The molecule has 0 radical (unpaired) electrons. The lowest BCUT2D eigenvalue weighted by Gasteiger charge is -2.08. The van der Waals surface area contributed by atoms with Gasteiger partial charge in [0, 0.05) is 18.5 Å². The van der Waals surface area contributed by atoms with Gasteiger partial charge in [0.15, 0.2) is 0 Å². The van der Waals surface area contributed by atoms with E-state index in [4.69, 9.17) is 9.47 Å². The first-order valence-corrected chi connectivity index (χ1v) is 7.08. The lowest BCUT2D eigenvalue weighted by Crippen LogP contribution is -2.19. The van der Waals surface area contributed by atoms with Crippen molar-refractivity contribution in [2.45, 2.75) is 0 Å². The maximum Gasteiger partial charge on any atom is 0.338 e. The molecular formula is C17H18N2O4. The first-order valence-electron chi connectivity index (χ1n) is 7.08. The average Bonchev–Trinajstić information content (AvgIpc) is 2.56. The molecule has 0 heterocycles. The van der Waals surface area contributed by atoms with Gasteiger partial charge in [-0.15, -0.1) is 0 Å². The molecule has 0 atom stereocenters. The molecule has 0 fully saturated rings. The van der Waals surface area contributed by atoms with Crippen LogP contribution in [0.1, 0.15) is 10.4 Å². The Labute approximate surface area is 134 Å². The summed E-state index contributed by atoms with van der Waals surface area (Å²) in [5.74, 6) is -0.428. The van der Waals surface area contributed by atoms with Gasteiger partial charge >= 0.3 is 12.0 Å². The molecule has 6 heteroatoms. The Morgan fingerprint density at radius 2 is 1.48 bits per heavy atom. The molecule has 2 rings (SSSR count). The van der Waals surface area contributed by atoms with Crippen LogP contribution in [0.3, 0.4) is 0 Å². The van der Waals surface area contributed by atoms with E-state index in [0.29, 0.717) is 23.5 Å². The van der Waals surface area contributed by atoms with E-state index in [9.17, 15) is 9.59 Å². The molecule has 0 bridgehead atoms. The Balaban J connectivity index is 1.87. The first kappa shape index (κ1) is 16.5. The van der Waals surface area contributed by atoms with Crippen LogP contribution < -0.4 is 10.6 Å². The van der Waals surface area contributed by atoms with Gasteiger partial charge in [0.25, 0.3) is 0 Å². The van der Waals surface area contributed by atoms with Crippen LogP contribution >= 0.6 is 0 Å². The molecule has 23 heavy (non-hydrogen) atoms. The maximum atomic E-state index is 11.8. The van der Waals surface area contributed by atoms with E-state index in [-0.39, 0.29) is 12.6 Å². The number of nitrogens with one attached hydrogen (secondary N) is 2. The zero-order chi connectivity index (χ0) is 16.5. The Kier molecular flexibility index (Phi) is 6.14. The van der Waals surface area contributed by atoms with Crippen LogP contribution in [0.4, 0.5) is 16.2 Å². The number of esters is 1. The summed E-state index contributed by atoms with van der Waals surface area (Å²) in [4.78, 5) is 23.6. The number of anilines is 2. The topological polar surface area (TPSA) is 76.7 Å². The van der Waals surface area contributed by atoms with Gasteiger partial charge in [0.1, 0.15) is 6.61 Å². The van der Waals surface area contributed by atoms with Crippen molar-refractivity contribution in [3.05, 3.63) is 60.2 Å². The van der Waals surface area contributed by atoms with Crippen molar-refractivity contribution in [1.82, 2.24) is 0 Å². The predicted octanol–water partition coefficient (Wildman–Crippen LogP) is 3.13. The van der Waals surface area contributed by atoms with Crippen molar-refractivity contribution in [2.24, 2.45) is 0 Å². The van der Waals surface area contributed by atoms with Crippen LogP contribution in [0, 0.1) is 0 Å². The molecule has 6 nitrogen and oxygen atoms in total. The molecule has 0 aliphatic rings. The molecule has 120 valence electrons. The molecule has 2 aromatic rings. The monoisotopic (exact) mass is 314 g/mol. The number of carbonyl (C=O) groups is 2. The fourth-order valence-corrected chi connectivity index (χ4v) is 1.81. The molecule has 2 N–H and O–H groups in total. The minimum Gasteiger partial charge on any atom is -0.460 e. The number of ether oxygens (including phenoxy) is 2. The predicted molar refractivity (Wildman–Crippen MR) is 87.7 cm³/mol. The molecule has 0 aliphatic heterocycles. The van der Waals surface area contributed by atoms with Crippen LogP contribution in [0.2, 0.25) is 0 Å². The third kappa shape index (κ3) is 5.44. The zero-order valence-electron chi connectivity index (χ0n) is 12.7. The smallest absolute Gasteiger partial charge is 0.338 e. The quantitative estimate of drug-likeness (QED) is 0.634. The van der Waals surface area contributed by atoms with Crippen LogP contribution in [-0.4, -0.2) is 32.3 Å². The number of hydrogen-bond donors (Lipinski definition) is 2. The zero-order valence-corrected chi connectivity index (χ0v) is 12.7. The number of benzene rings is 2. The van der Waals surface area contributed by atoms with Crippen molar-refractivity contribution in [2.75, 3.05) is 31.0 Å². The summed E-state index contributed by atoms with van der Waals surface area (Å²) >= 11 is 0. The molecule has 0 saturated carbocycles. The molecule has 2 amide bonds. The normalized spacial score (nSPS) is 9.96. The average molecular weight is 314 g/mol. The number of para-hydroxylation sites is 1. The lowest BCUT2D eigenvalue weighted by atomic mass is 10.2. The summed E-state index contributed by atoms with van der Waals surface area (Å²) in [7, 11) is 1.54. The van der Waals surface area contributed by atoms with Crippen LogP contribution in [-0.2, 0) is 9.47 Å². The fraction of sp³-hybridized carbons (Fsp3) is 0.176. The largest absolute Gasteiger partial charge is 0.460 e. The van der Waals surface area contributed by atoms with E-state index in [1.165, 1.54) is 7.11 Å². The number of carbonyl (C=O) groups excluding carboxylic acids is 2. The molecule has 0 aromatic heterocycles. The van der Waals surface area contributed by atoms with Gasteiger partial charge in [-0.2, -0.15) is 0 Å². The standard InChI is InChI=1S/C17H18N2O4/c1-22-11-12-23-16(20)13-7-9-15(10-8-13)19-17(21)18-14-5-3-2-4-6-14/h2-10H,11-12H2,1H3,(H2,18,19,21). The Hall–Kier alpha value is -2.86. The van der Waals surface area contributed by atoms with Gasteiger partial charge in [0.2, 0.25) is 0 Å². The Morgan fingerprint density at radius 1 is 0.870 bits per heavy atom. The maximum absolute atomic E-state index is 11.8. The van der Waals surface area contributed by atoms with Crippen molar-refractivity contribution < 1.29 is 19.1 Å². The van der Waals surface area contributed by atoms with Gasteiger partial charge in [-0.05, 0) is 36.4 Å². The van der Waals surface area contributed by atoms with E-state index in [1.807, 2.05) is 18.2 Å². The summed E-state index contributed by atoms with van der Waals surface area (Å²) in [6.45, 7) is 0.555. The summed E-state index contributed by atoms with van der Waals surface area (Å²) in [6.07, 6.45) is 0. The third-order valence-corrected chi connectivity index (χ3v) is 2.93. The van der Waals surface area contributed by atoms with Gasteiger partial charge < -0.3 is 20.1 Å². The number of amides is 2. The van der Waals surface area contributed by atoms with E-state index >= 15 is 0 Å². The highest BCUT2D eigenvalue weighted by molar-refractivity contribution is 6.00. The minimum atomic E-state index is -0.428. The lowest BCUT2D eigenvalue weighted by molar-refractivity contribution is 0.0388. The number of urea groups is 1. The highest BCUT2D eigenvalue weighted by Crippen LogP contribution is 2.12. The van der Waals surface area contributed by atoms with E-state index < -0.39 is 5.97 Å². The van der Waals surface area contributed by atoms with Crippen molar-refractivity contribution in [3.8, 4) is 0 Å². The Bertz CT molecular complexity index is 641. The summed E-state index contributed by atoms with van der Waals surface area (Å²) < 4.78 is 9.81. The minimum absolute atomic E-state index is 0.203. The van der Waals surface area contributed by atoms with Crippen molar-refractivity contribution in [1.29, 1.82) is 0 Å². The van der Waals surface area contributed by atoms with E-state index in [1.54, 1.807) is 36.4 Å². The van der Waals surface area contributed by atoms with Gasteiger partial charge in [-0.3, -0.25) is 0 Å². The molecule has 0 unspecified atom stereocenters. The van der Waals surface area contributed by atoms with Gasteiger partial charge in [-0.25, -0.2) is 9.59 Å². The molecule has 0 saturated heterocycles. The highest BCUT2D eigenvalue weighted by Gasteiger charge is 2.08. The van der Waals surface area contributed by atoms with Crippen LogP contribution in [0.5, 0.6) is 0 Å². The van der Waals surface area contributed by atoms with Gasteiger partial charge in [-0.1, -0.05) is 18.2 Å². The Morgan fingerprint density at radius 3 is 2.09 bits per heavy atom. The van der Waals surface area contributed by atoms with Gasteiger partial charge in [0.05, 0.1) is 12.2 Å². The molecular weight excluding hydrogens is 296 g/mol. The summed E-state index contributed by atoms with van der Waals surface area (Å²) in [5.41, 5.74) is 1.69. The molecule has 2 aromatic carbocycles. The fourth-order valence-electron chi connectivity index (χ4n) is 1.81. The second-order valence-electron chi connectivity index (χ2n) is 4.65. The first-order chi connectivity index (χ1) is 11.2. The van der Waals surface area contributed by atoms with Crippen LogP contribution in [0.15, 0.2) is 54.6 Å². The third-order valence-electron chi connectivity index (χ3n) is 2.93. The van der Waals surface area contributed by atoms with E-state index in [0.717, 1.165) is 0 Å². The summed E-state index contributed by atoms with van der Waals surface area (Å²) in [6, 6.07) is 15.2. The summed E-state index contributed by atoms with van der Waals surface area (Å²) in [5, 5.41) is 5.39. The number of methoxy groups -OCH3 is 1. The van der Waals surface area contributed by atoms with Crippen molar-refractivity contribution in [3.63, 3.8) is 0 Å². The number of hydrogen-bond acceptors (Lipinski definition) is 4. The SMILES string of the molecule is COCCOC(=O)c1ccc(NC(=O)Nc2ccccc2)cc1. The molecule has 0 spiro atoms. The number of rotatable bonds is 6.